The van der Waals surface area contributed by atoms with Gasteiger partial charge in [-0.05, 0) is 68.9 Å². The van der Waals surface area contributed by atoms with Crippen molar-refractivity contribution >= 4 is 31.9 Å². The second-order valence-corrected chi connectivity index (χ2v) is 6.59. The van der Waals surface area contributed by atoms with Crippen molar-refractivity contribution in [2.45, 2.75) is 25.8 Å². The lowest BCUT2D eigenvalue weighted by atomic mass is 10.0. The number of halogens is 3. The number of aromatic nitrogens is 1. The molecule has 2 nitrogen and oxygen atoms in total. The minimum Gasteiger partial charge on any atom is -0.308 e. The predicted molar refractivity (Wildman–Crippen MR) is 90.8 cm³/mol. The van der Waals surface area contributed by atoms with Crippen LogP contribution in [0.3, 0.4) is 0 Å². The van der Waals surface area contributed by atoms with Crippen molar-refractivity contribution < 1.29 is 4.39 Å². The summed E-state index contributed by atoms with van der Waals surface area (Å²) >= 11 is 6.95. The smallest absolute Gasteiger partial charge is 0.126 e. The minimum atomic E-state index is -0.172. The van der Waals surface area contributed by atoms with E-state index in [4.69, 9.17) is 0 Å². The van der Waals surface area contributed by atoms with Crippen LogP contribution >= 0.6 is 31.9 Å². The van der Waals surface area contributed by atoms with E-state index in [2.05, 4.69) is 49.1 Å². The number of pyridine rings is 1. The number of hydrogen-bond acceptors (Lipinski definition) is 2. The van der Waals surface area contributed by atoms with Crippen molar-refractivity contribution in [3.63, 3.8) is 0 Å². The van der Waals surface area contributed by atoms with Gasteiger partial charge in [-0.1, -0.05) is 25.1 Å². The summed E-state index contributed by atoms with van der Waals surface area (Å²) in [6.45, 7) is 2.97. The Kier molecular flexibility index (Phi) is 6.33. The third kappa shape index (κ3) is 4.59. The second kappa shape index (κ2) is 8.01. The van der Waals surface area contributed by atoms with Gasteiger partial charge in [0.15, 0.2) is 0 Å². The predicted octanol–water partition coefficient (Wildman–Crippen LogP) is 5.03. The fraction of sp³-hybridized carbons (Fsp3) is 0.312. The van der Waals surface area contributed by atoms with Crippen LogP contribution in [0.4, 0.5) is 4.39 Å². The van der Waals surface area contributed by atoms with E-state index >= 15 is 0 Å². The molecule has 0 bridgehead atoms. The average Bonchev–Trinajstić information content (AvgIpc) is 2.46. The Labute approximate surface area is 141 Å². The molecule has 0 fully saturated rings. The molecule has 1 atom stereocenters. The molecular formula is C16H17Br2FN2. The number of nitrogens with one attached hydrogen (secondary N) is 1. The lowest BCUT2D eigenvalue weighted by Gasteiger charge is -2.20. The molecule has 1 unspecified atom stereocenters. The standard InChI is InChI=1S/C16H17Br2FN2/c1-2-7-20-15(8-11-5-3-4-6-14(11)19)16-13(18)9-12(17)10-21-16/h3-6,9-10,15,20H,2,7-8H2,1H3. The lowest BCUT2D eigenvalue weighted by Crippen LogP contribution is -2.25. The number of nitrogens with zero attached hydrogens (tertiary/aromatic N) is 1. The van der Waals surface area contributed by atoms with Gasteiger partial charge in [0.05, 0.1) is 11.7 Å². The fourth-order valence-electron chi connectivity index (χ4n) is 2.15. The zero-order valence-electron chi connectivity index (χ0n) is 11.7. The summed E-state index contributed by atoms with van der Waals surface area (Å²) < 4.78 is 15.7. The summed E-state index contributed by atoms with van der Waals surface area (Å²) in [6.07, 6.45) is 3.35. The van der Waals surface area contributed by atoms with E-state index < -0.39 is 0 Å². The van der Waals surface area contributed by atoms with Gasteiger partial charge >= 0.3 is 0 Å². The number of rotatable bonds is 6. The molecule has 0 radical (unpaired) electrons. The quantitative estimate of drug-likeness (QED) is 0.715. The summed E-state index contributed by atoms with van der Waals surface area (Å²) in [5.74, 6) is -0.172. The van der Waals surface area contributed by atoms with Crippen molar-refractivity contribution in [3.05, 3.63) is 62.5 Å². The van der Waals surface area contributed by atoms with Crippen LogP contribution in [0, 0.1) is 5.82 Å². The molecule has 0 aliphatic rings. The third-order valence-corrected chi connectivity index (χ3v) is 4.26. The molecule has 1 N–H and O–H groups in total. The van der Waals surface area contributed by atoms with E-state index in [-0.39, 0.29) is 11.9 Å². The SMILES string of the molecule is CCCNC(Cc1ccccc1F)c1ncc(Br)cc1Br. The van der Waals surface area contributed by atoms with Gasteiger partial charge in [0.1, 0.15) is 5.82 Å². The maximum absolute atomic E-state index is 13.9. The van der Waals surface area contributed by atoms with E-state index in [0.29, 0.717) is 12.0 Å². The van der Waals surface area contributed by atoms with Crippen LogP contribution in [0.15, 0.2) is 45.5 Å². The topological polar surface area (TPSA) is 24.9 Å². The lowest BCUT2D eigenvalue weighted by molar-refractivity contribution is 0.501. The van der Waals surface area contributed by atoms with Crippen LogP contribution in [-0.2, 0) is 6.42 Å². The van der Waals surface area contributed by atoms with Gasteiger partial charge in [-0.3, -0.25) is 4.98 Å². The zero-order valence-corrected chi connectivity index (χ0v) is 14.9. The van der Waals surface area contributed by atoms with Crippen LogP contribution in [0.5, 0.6) is 0 Å². The Morgan fingerprint density at radius 3 is 2.71 bits per heavy atom. The summed E-state index contributed by atoms with van der Waals surface area (Å²) in [4.78, 5) is 4.48. The molecule has 0 spiro atoms. The van der Waals surface area contributed by atoms with Gasteiger partial charge < -0.3 is 5.32 Å². The van der Waals surface area contributed by atoms with Crippen molar-refractivity contribution in [3.8, 4) is 0 Å². The average molecular weight is 416 g/mol. The van der Waals surface area contributed by atoms with Crippen LogP contribution in [0.2, 0.25) is 0 Å². The summed E-state index contributed by atoms with van der Waals surface area (Å²) in [7, 11) is 0. The first-order chi connectivity index (χ1) is 10.1. The Hall–Kier alpha value is -0.780. The van der Waals surface area contributed by atoms with Crippen LogP contribution in [0.25, 0.3) is 0 Å². The Morgan fingerprint density at radius 1 is 1.29 bits per heavy atom. The van der Waals surface area contributed by atoms with Crippen LogP contribution in [-0.4, -0.2) is 11.5 Å². The molecular weight excluding hydrogens is 399 g/mol. The van der Waals surface area contributed by atoms with Gasteiger partial charge in [0, 0.05) is 15.1 Å². The highest BCUT2D eigenvalue weighted by Gasteiger charge is 2.18. The first-order valence-electron chi connectivity index (χ1n) is 6.89. The van der Waals surface area contributed by atoms with E-state index in [1.807, 2.05) is 18.2 Å². The first-order valence-corrected chi connectivity index (χ1v) is 8.48. The fourth-order valence-corrected chi connectivity index (χ4v) is 3.41. The normalized spacial score (nSPS) is 12.4. The van der Waals surface area contributed by atoms with Crippen molar-refractivity contribution in [1.82, 2.24) is 10.3 Å². The molecule has 0 aliphatic heterocycles. The second-order valence-electron chi connectivity index (χ2n) is 4.82. The molecule has 1 aromatic carbocycles. The zero-order chi connectivity index (χ0) is 15.2. The third-order valence-electron chi connectivity index (χ3n) is 3.19. The van der Waals surface area contributed by atoms with Gasteiger partial charge in [0.25, 0.3) is 0 Å². The molecule has 0 saturated carbocycles. The molecule has 2 rings (SSSR count). The number of hydrogen-bond donors (Lipinski definition) is 1. The van der Waals surface area contributed by atoms with Crippen LogP contribution < -0.4 is 5.32 Å². The van der Waals surface area contributed by atoms with E-state index in [0.717, 1.165) is 27.6 Å². The molecule has 2 aromatic rings. The van der Waals surface area contributed by atoms with Gasteiger partial charge in [-0.2, -0.15) is 0 Å². The molecule has 0 aliphatic carbocycles. The van der Waals surface area contributed by atoms with Crippen molar-refractivity contribution in [2.75, 3.05) is 6.54 Å². The first kappa shape index (κ1) is 16.6. The van der Waals surface area contributed by atoms with Gasteiger partial charge in [-0.15, -0.1) is 0 Å². The van der Waals surface area contributed by atoms with Gasteiger partial charge in [-0.25, -0.2) is 4.39 Å². The summed E-state index contributed by atoms with van der Waals surface area (Å²) in [5.41, 5.74) is 1.60. The molecule has 112 valence electrons. The summed E-state index contributed by atoms with van der Waals surface area (Å²) in [5, 5.41) is 3.45. The Morgan fingerprint density at radius 2 is 2.05 bits per heavy atom. The van der Waals surface area contributed by atoms with Crippen molar-refractivity contribution in [1.29, 1.82) is 0 Å². The maximum Gasteiger partial charge on any atom is 0.126 e. The molecule has 21 heavy (non-hydrogen) atoms. The summed E-state index contributed by atoms with van der Waals surface area (Å²) in [6, 6.07) is 8.83. The maximum atomic E-state index is 13.9. The molecule has 5 heteroatoms. The van der Waals surface area contributed by atoms with Crippen molar-refractivity contribution in [2.24, 2.45) is 0 Å². The largest absolute Gasteiger partial charge is 0.308 e. The minimum absolute atomic E-state index is 0.0238. The number of benzene rings is 1. The molecule has 1 heterocycles. The Balaban J connectivity index is 2.27. The monoisotopic (exact) mass is 414 g/mol. The molecule has 1 aromatic heterocycles. The van der Waals surface area contributed by atoms with Gasteiger partial charge in [0.2, 0.25) is 0 Å². The highest BCUT2D eigenvalue weighted by atomic mass is 79.9. The van der Waals surface area contributed by atoms with Crippen LogP contribution in [0.1, 0.15) is 30.6 Å². The molecule has 0 saturated heterocycles. The van der Waals surface area contributed by atoms with E-state index in [1.54, 1.807) is 12.3 Å². The highest BCUT2D eigenvalue weighted by molar-refractivity contribution is 9.11. The highest BCUT2D eigenvalue weighted by Crippen LogP contribution is 2.27. The molecule has 0 amide bonds. The Bertz CT molecular complexity index is 605. The van der Waals surface area contributed by atoms with E-state index in [9.17, 15) is 4.39 Å². The van der Waals surface area contributed by atoms with E-state index in [1.165, 1.54) is 6.07 Å².